The average Bonchev–Trinajstić information content (AvgIpc) is 2.71. The molecule has 1 fully saturated rings. The summed E-state index contributed by atoms with van der Waals surface area (Å²) in [4.78, 5) is 30.4. The molecule has 0 spiro atoms. The first-order valence-electron chi connectivity index (χ1n) is 11.4. The second-order valence-corrected chi connectivity index (χ2v) is 9.29. The summed E-state index contributed by atoms with van der Waals surface area (Å²) in [6.07, 6.45) is 4.37. The van der Waals surface area contributed by atoms with E-state index in [9.17, 15) is 9.59 Å². The summed E-state index contributed by atoms with van der Waals surface area (Å²) < 4.78 is 11.2. The number of nitrogens with zero attached hydrogens (tertiary/aromatic N) is 2. The van der Waals surface area contributed by atoms with E-state index in [-0.39, 0.29) is 18.6 Å². The summed E-state index contributed by atoms with van der Waals surface area (Å²) in [6, 6.07) is 0. The van der Waals surface area contributed by atoms with Crippen molar-refractivity contribution in [3.05, 3.63) is 0 Å². The van der Waals surface area contributed by atoms with Gasteiger partial charge in [0.2, 0.25) is 5.91 Å². The van der Waals surface area contributed by atoms with E-state index in [1.807, 2.05) is 34.6 Å². The first-order chi connectivity index (χ1) is 14.5. The number of carbonyl (C=O) groups excluding carboxylic acids is 2. The van der Waals surface area contributed by atoms with Gasteiger partial charge in [0.25, 0.3) is 0 Å². The lowest BCUT2D eigenvalue weighted by Crippen LogP contribution is -2.57. The number of ether oxygens (including phenoxy) is 2. The van der Waals surface area contributed by atoms with Crippen molar-refractivity contribution < 1.29 is 19.1 Å². The molecule has 9 heteroatoms. The number of alkyl carbamates (subject to hydrolysis) is 1. The minimum absolute atomic E-state index is 0.0403. The van der Waals surface area contributed by atoms with E-state index in [4.69, 9.17) is 9.47 Å². The Morgan fingerprint density at radius 2 is 1.81 bits per heavy atom. The summed E-state index contributed by atoms with van der Waals surface area (Å²) in [5.74, 6) is 0.445. The summed E-state index contributed by atoms with van der Waals surface area (Å²) in [7, 11) is 3.41. The zero-order valence-electron chi connectivity index (χ0n) is 20.5. The summed E-state index contributed by atoms with van der Waals surface area (Å²) >= 11 is 0. The highest BCUT2D eigenvalue weighted by Gasteiger charge is 2.31. The number of likely N-dealkylation sites (N-methyl/N-ethyl adjacent to an activating group) is 1. The molecule has 3 N–H and O–H groups in total. The van der Waals surface area contributed by atoms with E-state index < -0.39 is 17.2 Å². The molecule has 0 aromatic carbocycles. The maximum Gasteiger partial charge on any atom is 0.408 e. The Balaban J connectivity index is 2.81. The van der Waals surface area contributed by atoms with Crippen molar-refractivity contribution in [1.29, 1.82) is 0 Å². The molecule has 0 aromatic heterocycles. The number of nitrogens with one attached hydrogen (secondary N) is 3. The standard InChI is InChI=1S/C22H43N5O4/c1-8-22(9-2,26-20(29)31-21(3,4)5)16-25-19(24-15-18(28)27(6)7)23-14-17-12-10-11-13-30-17/h17H,8-16H2,1-7H3,(H,26,29)(H2,23,24,25). The van der Waals surface area contributed by atoms with Crippen LogP contribution in [0.2, 0.25) is 0 Å². The molecule has 1 aliphatic rings. The number of aliphatic imine (C=N–C) groups is 1. The van der Waals surface area contributed by atoms with Gasteiger partial charge in [-0.05, 0) is 52.9 Å². The van der Waals surface area contributed by atoms with Gasteiger partial charge in [-0.25, -0.2) is 9.79 Å². The molecule has 31 heavy (non-hydrogen) atoms. The van der Waals surface area contributed by atoms with Crippen LogP contribution in [-0.4, -0.2) is 80.4 Å². The van der Waals surface area contributed by atoms with Crippen LogP contribution in [0.1, 0.15) is 66.7 Å². The molecule has 1 atom stereocenters. The van der Waals surface area contributed by atoms with Crippen molar-refractivity contribution in [2.45, 2.75) is 84.0 Å². The first-order valence-corrected chi connectivity index (χ1v) is 11.4. The zero-order chi connectivity index (χ0) is 23.5. The van der Waals surface area contributed by atoms with Gasteiger partial charge in [0, 0.05) is 33.8 Å². The second-order valence-electron chi connectivity index (χ2n) is 9.29. The van der Waals surface area contributed by atoms with E-state index in [0.29, 0.717) is 31.9 Å². The van der Waals surface area contributed by atoms with Crippen LogP contribution in [0.15, 0.2) is 4.99 Å². The van der Waals surface area contributed by atoms with Crippen LogP contribution in [0.25, 0.3) is 0 Å². The fraction of sp³-hybridized carbons (Fsp3) is 0.864. The molecular weight excluding hydrogens is 398 g/mol. The van der Waals surface area contributed by atoms with Crippen LogP contribution < -0.4 is 16.0 Å². The third-order valence-corrected chi connectivity index (χ3v) is 5.36. The molecule has 180 valence electrons. The highest BCUT2D eigenvalue weighted by Crippen LogP contribution is 2.16. The maximum atomic E-state index is 12.4. The number of amides is 2. The van der Waals surface area contributed by atoms with E-state index in [1.165, 1.54) is 4.90 Å². The lowest BCUT2D eigenvalue weighted by molar-refractivity contribution is -0.127. The number of hydrogen-bond acceptors (Lipinski definition) is 5. The quantitative estimate of drug-likeness (QED) is 0.375. The van der Waals surface area contributed by atoms with Crippen molar-refractivity contribution in [3.8, 4) is 0 Å². The molecule has 0 saturated carbocycles. The molecule has 1 aliphatic heterocycles. The van der Waals surface area contributed by atoms with Crippen molar-refractivity contribution in [2.75, 3.05) is 40.3 Å². The number of carbonyl (C=O) groups is 2. The molecule has 0 aromatic rings. The minimum Gasteiger partial charge on any atom is -0.444 e. The van der Waals surface area contributed by atoms with Crippen molar-refractivity contribution in [2.24, 2.45) is 4.99 Å². The van der Waals surface area contributed by atoms with Crippen LogP contribution in [0.4, 0.5) is 4.79 Å². The number of rotatable bonds is 9. The van der Waals surface area contributed by atoms with Crippen LogP contribution >= 0.6 is 0 Å². The first kappa shape index (κ1) is 27.0. The van der Waals surface area contributed by atoms with Gasteiger partial charge in [-0.3, -0.25) is 4.79 Å². The Morgan fingerprint density at radius 1 is 1.13 bits per heavy atom. The van der Waals surface area contributed by atoms with E-state index >= 15 is 0 Å². The Kier molecular flexibility index (Phi) is 11.1. The average molecular weight is 442 g/mol. The minimum atomic E-state index is -0.564. The van der Waals surface area contributed by atoms with Crippen molar-refractivity contribution in [3.63, 3.8) is 0 Å². The summed E-state index contributed by atoms with van der Waals surface area (Å²) in [6.45, 7) is 11.5. The lowest BCUT2D eigenvalue weighted by atomic mass is 9.93. The Morgan fingerprint density at radius 3 is 2.32 bits per heavy atom. The molecule has 0 radical (unpaired) electrons. The lowest BCUT2D eigenvalue weighted by Gasteiger charge is -2.34. The summed E-state index contributed by atoms with van der Waals surface area (Å²) in [5.41, 5.74) is -1.07. The molecule has 1 heterocycles. The van der Waals surface area contributed by atoms with Gasteiger partial charge in [0.15, 0.2) is 5.96 Å². The second kappa shape index (κ2) is 12.7. The zero-order valence-corrected chi connectivity index (χ0v) is 20.5. The third-order valence-electron chi connectivity index (χ3n) is 5.36. The van der Waals surface area contributed by atoms with Crippen LogP contribution in [0, 0.1) is 0 Å². The predicted molar refractivity (Wildman–Crippen MR) is 123 cm³/mol. The molecule has 9 nitrogen and oxygen atoms in total. The maximum absolute atomic E-state index is 12.4. The van der Waals surface area contributed by atoms with Gasteiger partial charge in [-0.2, -0.15) is 0 Å². The third kappa shape index (κ3) is 10.7. The highest BCUT2D eigenvalue weighted by molar-refractivity contribution is 5.84. The van der Waals surface area contributed by atoms with Gasteiger partial charge in [-0.15, -0.1) is 0 Å². The Bertz CT molecular complexity index is 591. The predicted octanol–water partition coefficient (Wildman–Crippen LogP) is 2.26. The fourth-order valence-electron chi connectivity index (χ4n) is 3.14. The van der Waals surface area contributed by atoms with Gasteiger partial charge < -0.3 is 30.3 Å². The van der Waals surface area contributed by atoms with Crippen molar-refractivity contribution >= 4 is 18.0 Å². The van der Waals surface area contributed by atoms with Crippen LogP contribution in [-0.2, 0) is 14.3 Å². The molecule has 1 saturated heterocycles. The smallest absolute Gasteiger partial charge is 0.408 e. The normalized spacial score (nSPS) is 17.6. The molecule has 1 rings (SSSR count). The topological polar surface area (TPSA) is 104 Å². The molecule has 2 amide bonds. The SMILES string of the molecule is CCC(CC)(CNC(=NCC(=O)N(C)C)NCC1CCCCO1)NC(=O)OC(C)(C)C. The van der Waals surface area contributed by atoms with E-state index in [2.05, 4.69) is 20.9 Å². The van der Waals surface area contributed by atoms with E-state index in [1.54, 1.807) is 14.1 Å². The molecule has 0 bridgehead atoms. The monoisotopic (exact) mass is 441 g/mol. The van der Waals surface area contributed by atoms with Gasteiger partial charge in [0.05, 0.1) is 11.6 Å². The van der Waals surface area contributed by atoms with Gasteiger partial charge in [-0.1, -0.05) is 13.8 Å². The van der Waals surface area contributed by atoms with Crippen LogP contribution in [0.3, 0.4) is 0 Å². The van der Waals surface area contributed by atoms with E-state index in [0.717, 1.165) is 25.9 Å². The molecule has 1 unspecified atom stereocenters. The number of hydrogen-bond donors (Lipinski definition) is 3. The van der Waals surface area contributed by atoms with Gasteiger partial charge in [0.1, 0.15) is 12.1 Å². The van der Waals surface area contributed by atoms with Gasteiger partial charge >= 0.3 is 6.09 Å². The summed E-state index contributed by atoms with van der Waals surface area (Å²) in [5, 5.41) is 9.63. The largest absolute Gasteiger partial charge is 0.444 e. The number of guanidine groups is 1. The fourth-order valence-corrected chi connectivity index (χ4v) is 3.14. The molecule has 0 aliphatic carbocycles. The van der Waals surface area contributed by atoms with Crippen molar-refractivity contribution in [1.82, 2.24) is 20.9 Å². The Labute approximate surface area is 187 Å². The highest BCUT2D eigenvalue weighted by atomic mass is 16.6. The molecular formula is C22H43N5O4. The Hall–Kier alpha value is -2.03. The van der Waals surface area contributed by atoms with Crippen LogP contribution in [0.5, 0.6) is 0 Å².